The molecule has 4 heteroatoms. The molecular weight excluding hydrogens is 285 g/mol. The van der Waals surface area contributed by atoms with E-state index < -0.39 is 0 Å². The summed E-state index contributed by atoms with van der Waals surface area (Å²) >= 11 is 1.48. The first-order valence-electron chi connectivity index (χ1n) is 6.74. The van der Waals surface area contributed by atoms with Crippen LogP contribution in [0.1, 0.15) is 16.7 Å². The van der Waals surface area contributed by atoms with Gasteiger partial charge in [0.2, 0.25) is 5.91 Å². The molecule has 0 aliphatic rings. The lowest BCUT2D eigenvalue weighted by Crippen LogP contribution is -2.15. The summed E-state index contributed by atoms with van der Waals surface area (Å²) in [5.74, 6) is 0.698. The average Bonchev–Trinajstić information content (AvgIpc) is 2.43. The summed E-state index contributed by atoms with van der Waals surface area (Å²) in [5.41, 5.74) is 3.88. The van der Waals surface area contributed by atoms with Gasteiger partial charge in [-0.05, 0) is 42.7 Å². The molecule has 0 spiro atoms. The molecule has 2 aromatic rings. The van der Waals surface area contributed by atoms with Gasteiger partial charge in [0.15, 0.2) is 0 Å². The molecule has 0 aromatic heterocycles. The van der Waals surface area contributed by atoms with E-state index in [1.54, 1.807) is 6.07 Å². The van der Waals surface area contributed by atoms with Crippen LogP contribution in [0.4, 0.5) is 10.1 Å². The molecule has 0 heterocycles. The SMILES string of the molecule is Cc1cccc(C)c1NC(=O)CSCc1cccc(F)c1. The zero-order valence-corrected chi connectivity index (χ0v) is 13.0. The fourth-order valence-electron chi connectivity index (χ4n) is 2.08. The molecule has 1 N–H and O–H groups in total. The molecule has 0 unspecified atom stereocenters. The van der Waals surface area contributed by atoms with E-state index in [0.717, 1.165) is 22.4 Å². The van der Waals surface area contributed by atoms with Gasteiger partial charge in [-0.25, -0.2) is 4.39 Å². The molecule has 1 amide bonds. The summed E-state index contributed by atoms with van der Waals surface area (Å²) in [5, 5.41) is 2.94. The largest absolute Gasteiger partial charge is 0.325 e. The lowest BCUT2D eigenvalue weighted by Gasteiger charge is -2.11. The van der Waals surface area contributed by atoms with Crippen molar-refractivity contribution >= 4 is 23.4 Å². The van der Waals surface area contributed by atoms with E-state index in [-0.39, 0.29) is 11.7 Å². The summed E-state index contributed by atoms with van der Waals surface area (Å²) in [7, 11) is 0. The Hall–Kier alpha value is -1.81. The number of nitrogens with one attached hydrogen (secondary N) is 1. The lowest BCUT2D eigenvalue weighted by molar-refractivity contribution is -0.113. The number of aryl methyl sites for hydroxylation is 2. The number of benzene rings is 2. The molecule has 2 aromatic carbocycles. The predicted octanol–water partition coefficient (Wildman–Crippen LogP) is 4.31. The summed E-state index contributed by atoms with van der Waals surface area (Å²) in [6.45, 7) is 3.95. The molecule has 2 nitrogen and oxygen atoms in total. The van der Waals surface area contributed by atoms with Crippen molar-refractivity contribution in [1.82, 2.24) is 0 Å². The van der Waals surface area contributed by atoms with Crippen LogP contribution in [0.15, 0.2) is 42.5 Å². The monoisotopic (exact) mass is 303 g/mol. The topological polar surface area (TPSA) is 29.1 Å². The Morgan fingerprint density at radius 3 is 2.48 bits per heavy atom. The predicted molar refractivity (Wildman–Crippen MR) is 87.1 cm³/mol. The first-order chi connectivity index (χ1) is 10.1. The number of halogens is 1. The molecule has 0 fully saturated rings. The molecule has 0 saturated heterocycles. The van der Waals surface area contributed by atoms with Crippen LogP contribution >= 0.6 is 11.8 Å². The van der Waals surface area contributed by atoms with Crippen LogP contribution < -0.4 is 5.32 Å². The Balaban J connectivity index is 1.85. The maximum Gasteiger partial charge on any atom is 0.234 e. The number of hydrogen-bond acceptors (Lipinski definition) is 2. The van der Waals surface area contributed by atoms with Crippen molar-refractivity contribution in [2.75, 3.05) is 11.1 Å². The zero-order valence-electron chi connectivity index (χ0n) is 12.2. The van der Waals surface area contributed by atoms with E-state index in [2.05, 4.69) is 5.32 Å². The van der Waals surface area contributed by atoms with E-state index in [1.807, 2.05) is 38.1 Å². The quantitative estimate of drug-likeness (QED) is 0.891. The van der Waals surface area contributed by atoms with Gasteiger partial charge in [0.05, 0.1) is 5.75 Å². The lowest BCUT2D eigenvalue weighted by atomic mass is 10.1. The Morgan fingerprint density at radius 1 is 1.14 bits per heavy atom. The van der Waals surface area contributed by atoms with E-state index >= 15 is 0 Å². The normalized spacial score (nSPS) is 10.4. The van der Waals surface area contributed by atoms with E-state index in [4.69, 9.17) is 0 Å². The molecule has 21 heavy (non-hydrogen) atoms. The number of amides is 1. The van der Waals surface area contributed by atoms with Crippen molar-refractivity contribution in [1.29, 1.82) is 0 Å². The zero-order chi connectivity index (χ0) is 15.2. The van der Waals surface area contributed by atoms with Gasteiger partial charge in [0, 0.05) is 11.4 Å². The second-order valence-electron chi connectivity index (χ2n) is 4.94. The van der Waals surface area contributed by atoms with Gasteiger partial charge in [-0.3, -0.25) is 4.79 Å². The summed E-state index contributed by atoms with van der Waals surface area (Å²) < 4.78 is 13.0. The molecule has 0 bridgehead atoms. The maximum atomic E-state index is 13.0. The molecular formula is C17H18FNOS. The van der Waals surface area contributed by atoms with Crippen LogP contribution in [-0.4, -0.2) is 11.7 Å². The van der Waals surface area contributed by atoms with Crippen molar-refractivity contribution in [3.8, 4) is 0 Å². The van der Waals surface area contributed by atoms with Gasteiger partial charge < -0.3 is 5.32 Å². The molecule has 0 radical (unpaired) electrons. The van der Waals surface area contributed by atoms with E-state index in [1.165, 1.54) is 23.9 Å². The second-order valence-corrected chi connectivity index (χ2v) is 5.92. The van der Waals surface area contributed by atoms with E-state index in [9.17, 15) is 9.18 Å². The van der Waals surface area contributed by atoms with Crippen molar-refractivity contribution in [3.05, 3.63) is 65.0 Å². The average molecular weight is 303 g/mol. The fourth-order valence-corrected chi connectivity index (χ4v) is 2.85. The molecule has 0 aliphatic heterocycles. The molecule has 0 saturated carbocycles. The number of carbonyl (C=O) groups excluding carboxylic acids is 1. The number of rotatable bonds is 5. The van der Waals surface area contributed by atoms with Crippen LogP contribution in [0.5, 0.6) is 0 Å². The van der Waals surface area contributed by atoms with Crippen LogP contribution in [0.25, 0.3) is 0 Å². The van der Waals surface area contributed by atoms with Gasteiger partial charge in [-0.2, -0.15) is 0 Å². The van der Waals surface area contributed by atoms with Gasteiger partial charge in [-0.1, -0.05) is 30.3 Å². The van der Waals surface area contributed by atoms with Crippen molar-refractivity contribution in [2.24, 2.45) is 0 Å². The third-order valence-corrected chi connectivity index (χ3v) is 4.14. The summed E-state index contributed by atoms with van der Waals surface area (Å²) in [6.07, 6.45) is 0. The first kappa shape index (κ1) is 15.6. The number of thioether (sulfide) groups is 1. The number of carbonyl (C=O) groups is 1. The summed E-state index contributed by atoms with van der Waals surface area (Å²) in [4.78, 5) is 12.0. The van der Waals surface area contributed by atoms with Crippen molar-refractivity contribution in [3.63, 3.8) is 0 Å². The van der Waals surface area contributed by atoms with Crippen LogP contribution in [0, 0.1) is 19.7 Å². The van der Waals surface area contributed by atoms with Gasteiger partial charge in [0.1, 0.15) is 5.82 Å². The minimum absolute atomic E-state index is 0.0335. The Morgan fingerprint density at radius 2 is 1.81 bits per heavy atom. The van der Waals surface area contributed by atoms with Gasteiger partial charge >= 0.3 is 0 Å². The smallest absolute Gasteiger partial charge is 0.234 e. The highest BCUT2D eigenvalue weighted by molar-refractivity contribution is 7.99. The standard InChI is InChI=1S/C17H18FNOS/c1-12-5-3-6-13(2)17(12)19-16(20)11-21-10-14-7-4-8-15(18)9-14/h3-9H,10-11H2,1-2H3,(H,19,20). The van der Waals surface area contributed by atoms with Gasteiger partial charge in [-0.15, -0.1) is 11.8 Å². The van der Waals surface area contributed by atoms with E-state index in [0.29, 0.717) is 11.5 Å². The fraction of sp³-hybridized carbons (Fsp3) is 0.235. The maximum absolute atomic E-state index is 13.0. The summed E-state index contributed by atoms with van der Waals surface area (Å²) in [6, 6.07) is 12.4. The Kier molecular flexibility index (Phi) is 5.39. The highest BCUT2D eigenvalue weighted by Crippen LogP contribution is 2.20. The van der Waals surface area contributed by atoms with Crippen LogP contribution in [-0.2, 0) is 10.5 Å². The number of hydrogen-bond donors (Lipinski definition) is 1. The van der Waals surface area contributed by atoms with Gasteiger partial charge in [0.25, 0.3) is 0 Å². The van der Waals surface area contributed by atoms with Crippen LogP contribution in [0.3, 0.4) is 0 Å². The molecule has 110 valence electrons. The first-order valence-corrected chi connectivity index (χ1v) is 7.90. The van der Waals surface area contributed by atoms with Crippen LogP contribution in [0.2, 0.25) is 0 Å². The Bertz CT molecular complexity index is 622. The molecule has 2 rings (SSSR count). The van der Waals surface area contributed by atoms with Crippen molar-refractivity contribution < 1.29 is 9.18 Å². The minimum atomic E-state index is -0.243. The number of anilines is 1. The second kappa shape index (κ2) is 7.27. The third-order valence-electron chi connectivity index (χ3n) is 3.14. The highest BCUT2D eigenvalue weighted by atomic mass is 32.2. The van der Waals surface area contributed by atoms with Crippen molar-refractivity contribution in [2.45, 2.75) is 19.6 Å². The minimum Gasteiger partial charge on any atom is -0.325 e. The third kappa shape index (κ3) is 4.60. The Labute approximate surface area is 128 Å². The highest BCUT2D eigenvalue weighted by Gasteiger charge is 2.07. The molecule has 0 atom stereocenters. The number of para-hydroxylation sites is 1. The molecule has 0 aliphatic carbocycles.